The Morgan fingerprint density at radius 1 is 1.12 bits per heavy atom. The van der Waals surface area contributed by atoms with Crippen LogP contribution in [0.3, 0.4) is 0 Å². The van der Waals surface area contributed by atoms with Gasteiger partial charge in [0.2, 0.25) is 10.0 Å². The molecule has 2 aromatic carbocycles. The quantitative estimate of drug-likeness (QED) is 0.795. The molecule has 0 aliphatic carbocycles. The third-order valence-electron chi connectivity index (χ3n) is 3.37. The highest BCUT2D eigenvalue weighted by molar-refractivity contribution is 7.92. The molecule has 0 saturated heterocycles. The van der Waals surface area contributed by atoms with Gasteiger partial charge in [0.15, 0.2) is 0 Å². The number of hydrogen-bond donors (Lipinski definition) is 2. The normalized spacial score (nSPS) is 10.7. The van der Waals surface area contributed by atoms with Crippen molar-refractivity contribution in [3.63, 3.8) is 0 Å². The Labute approximate surface area is 147 Å². The maximum Gasteiger partial charge on any atom is 0.255 e. The van der Waals surface area contributed by atoms with Gasteiger partial charge in [-0.05, 0) is 42.3 Å². The number of rotatable bonds is 7. The molecule has 0 unspecified atom stereocenters. The summed E-state index contributed by atoms with van der Waals surface area (Å²) >= 11 is 0. The van der Waals surface area contributed by atoms with Gasteiger partial charge in [0, 0.05) is 16.9 Å². The predicted octanol–water partition coefficient (Wildman–Crippen LogP) is 3.16. The lowest BCUT2D eigenvalue weighted by atomic mass is 10.1. The van der Waals surface area contributed by atoms with Crippen LogP contribution in [0.5, 0.6) is 0 Å². The summed E-state index contributed by atoms with van der Waals surface area (Å²) in [5.74, 6) is -0.317. The van der Waals surface area contributed by atoms with Crippen LogP contribution in [0, 0.1) is 11.3 Å². The van der Waals surface area contributed by atoms with E-state index in [0.29, 0.717) is 29.8 Å². The summed E-state index contributed by atoms with van der Waals surface area (Å²) in [5, 5.41) is 11.4. The Morgan fingerprint density at radius 3 is 2.48 bits per heavy atom. The molecule has 0 heterocycles. The van der Waals surface area contributed by atoms with Gasteiger partial charge in [0.25, 0.3) is 5.91 Å². The summed E-state index contributed by atoms with van der Waals surface area (Å²) in [5.41, 5.74) is 2.17. The molecule has 2 N–H and O–H groups in total. The Bertz CT molecular complexity index is 885. The smallest absolute Gasteiger partial charge is 0.255 e. The minimum atomic E-state index is -3.40. The Balaban J connectivity index is 2.09. The summed E-state index contributed by atoms with van der Waals surface area (Å²) in [4.78, 5) is 12.3. The largest absolute Gasteiger partial charge is 0.322 e. The summed E-state index contributed by atoms with van der Waals surface area (Å²) in [6.45, 7) is 1.78. The summed E-state index contributed by atoms with van der Waals surface area (Å²) in [7, 11) is -3.40. The van der Waals surface area contributed by atoms with Crippen molar-refractivity contribution in [3.05, 3.63) is 59.7 Å². The van der Waals surface area contributed by atoms with Crippen LogP contribution < -0.4 is 10.0 Å². The van der Waals surface area contributed by atoms with Crippen molar-refractivity contribution in [3.8, 4) is 6.07 Å². The second-order valence-electron chi connectivity index (χ2n) is 5.49. The minimum Gasteiger partial charge on any atom is -0.322 e. The van der Waals surface area contributed by atoms with E-state index in [2.05, 4.69) is 16.1 Å². The third kappa shape index (κ3) is 5.62. The van der Waals surface area contributed by atoms with Gasteiger partial charge in [-0.15, -0.1) is 0 Å². The number of benzene rings is 2. The summed E-state index contributed by atoms with van der Waals surface area (Å²) in [6, 6.07) is 15.4. The SMILES string of the molecule is CCCS(=O)(=O)Nc1cccc(C(=O)Nc2ccc(CC#N)cc2)c1. The molecule has 0 aromatic heterocycles. The van der Waals surface area contributed by atoms with Crippen LogP contribution in [0.15, 0.2) is 48.5 Å². The van der Waals surface area contributed by atoms with Gasteiger partial charge in [0.1, 0.15) is 0 Å². The van der Waals surface area contributed by atoms with E-state index < -0.39 is 10.0 Å². The van der Waals surface area contributed by atoms with Gasteiger partial charge in [-0.3, -0.25) is 9.52 Å². The Morgan fingerprint density at radius 2 is 1.84 bits per heavy atom. The Kier molecular flexibility index (Phi) is 6.14. The molecule has 0 bridgehead atoms. The van der Waals surface area contributed by atoms with E-state index in [9.17, 15) is 13.2 Å². The highest BCUT2D eigenvalue weighted by Crippen LogP contribution is 2.16. The average molecular weight is 357 g/mol. The number of nitrogens with zero attached hydrogens (tertiary/aromatic N) is 1. The van der Waals surface area contributed by atoms with Crippen LogP contribution in [0.2, 0.25) is 0 Å². The lowest BCUT2D eigenvalue weighted by molar-refractivity contribution is 0.102. The molecule has 0 atom stereocenters. The first-order valence-electron chi connectivity index (χ1n) is 7.81. The van der Waals surface area contributed by atoms with E-state index in [1.807, 2.05) is 0 Å². The lowest BCUT2D eigenvalue weighted by Crippen LogP contribution is -2.17. The average Bonchev–Trinajstić information content (AvgIpc) is 2.56. The lowest BCUT2D eigenvalue weighted by Gasteiger charge is -2.09. The number of carbonyl (C=O) groups excluding carboxylic acids is 1. The van der Waals surface area contributed by atoms with Gasteiger partial charge < -0.3 is 5.32 Å². The standard InChI is InChI=1S/C18H19N3O3S/c1-2-12-25(23,24)21-17-5-3-4-15(13-17)18(22)20-16-8-6-14(7-9-16)10-11-19/h3-9,13,21H,2,10,12H2,1H3,(H,20,22). The van der Waals surface area contributed by atoms with Crippen LogP contribution in [0.4, 0.5) is 11.4 Å². The van der Waals surface area contributed by atoms with E-state index in [0.717, 1.165) is 5.56 Å². The molecule has 0 aliphatic rings. The van der Waals surface area contributed by atoms with Gasteiger partial charge in [-0.2, -0.15) is 5.26 Å². The zero-order chi connectivity index (χ0) is 18.3. The van der Waals surface area contributed by atoms with E-state index in [1.165, 1.54) is 6.07 Å². The van der Waals surface area contributed by atoms with Crippen LogP contribution in [0.1, 0.15) is 29.3 Å². The van der Waals surface area contributed by atoms with Crippen LogP contribution in [-0.2, 0) is 16.4 Å². The minimum absolute atomic E-state index is 0.0263. The van der Waals surface area contributed by atoms with Crippen molar-refractivity contribution < 1.29 is 13.2 Å². The van der Waals surface area contributed by atoms with Crippen molar-refractivity contribution in [1.29, 1.82) is 5.26 Å². The highest BCUT2D eigenvalue weighted by atomic mass is 32.2. The van der Waals surface area contributed by atoms with Gasteiger partial charge in [0.05, 0.1) is 18.2 Å². The van der Waals surface area contributed by atoms with Gasteiger partial charge in [-0.1, -0.05) is 25.1 Å². The molecular weight excluding hydrogens is 338 g/mol. The van der Waals surface area contributed by atoms with Crippen molar-refractivity contribution in [2.45, 2.75) is 19.8 Å². The van der Waals surface area contributed by atoms with Gasteiger partial charge in [-0.25, -0.2) is 8.42 Å². The molecule has 1 amide bonds. The summed E-state index contributed by atoms with van der Waals surface area (Å²) < 4.78 is 26.1. The molecule has 2 rings (SSSR count). The first kappa shape index (κ1) is 18.5. The number of nitrogens with one attached hydrogen (secondary N) is 2. The van der Waals surface area contributed by atoms with Crippen LogP contribution in [0.25, 0.3) is 0 Å². The predicted molar refractivity (Wildman–Crippen MR) is 97.9 cm³/mol. The third-order valence-corrected chi connectivity index (χ3v) is 4.86. The molecule has 2 aromatic rings. The molecule has 0 fully saturated rings. The van der Waals surface area contributed by atoms with E-state index in [-0.39, 0.29) is 11.7 Å². The van der Waals surface area contributed by atoms with Crippen molar-refractivity contribution >= 4 is 27.3 Å². The maximum absolute atomic E-state index is 12.3. The molecular formula is C18H19N3O3S. The molecule has 0 radical (unpaired) electrons. The summed E-state index contributed by atoms with van der Waals surface area (Å²) in [6.07, 6.45) is 0.825. The molecule has 0 aliphatic heterocycles. The number of nitriles is 1. The second-order valence-corrected chi connectivity index (χ2v) is 7.33. The zero-order valence-corrected chi connectivity index (χ0v) is 14.6. The topological polar surface area (TPSA) is 99.1 Å². The number of sulfonamides is 1. The monoisotopic (exact) mass is 357 g/mol. The fourth-order valence-corrected chi connectivity index (χ4v) is 3.35. The van der Waals surface area contributed by atoms with E-state index in [4.69, 9.17) is 5.26 Å². The fraction of sp³-hybridized carbons (Fsp3) is 0.222. The number of carbonyl (C=O) groups is 1. The fourth-order valence-electron chi connectivity index (χ4n) is 2.22. The molecule has 0 saturated carbocycles. The van der Waals surface area contributed by atoms with Crippen molar-refractivity contribution in [2.24, 2.45) is 0 Å². The first-order chi connectivity index (χ1) is 11.9. The number of anilines is 2. The van der Waals surface area contributed by atoms with Crippen molar-refractivity contribution in [1.82, 2.24) is 0 Å². The second kappa shape index (κ2) is 8.31. The van der Waals surface area contributed by atoms with Crippen molar-refractivity contribution in [2.75, 3.05) is 15.8 Å². The molecule has 6 nitrogen and oxygen atoms in total. The maximum atomic E-state index is 12.3. The highest BCUT2D eigenvalue weighted by Gasteiger charge is 2.11. The molecule has 0 spiro atoms. The molecule has 130 valence electrons. The number of amides is 1. The van der Waals surface area contributed by atoms with E-state index in [1.54, 1.807) is 49.4 Å². The van der Waals surface area contributed by atoms with Crippen LogP contribution in [-0.4, -0.2) is 20.1 Å². The first-order valence-corrected chi connectivity index (χ1v) is 9.46. The Hall–Kier alpha value is -2.85. The zero-order valence-electron chi connectivity index (χ0n) is 13.8. The van der Waals surface area contributed by atoms with E-state index >= 15 is 0 Å². The van der Waals surface area contributed by atoms with Crippen LogP contribution >= 0.6 is 0 Å². The number of hydrogen-bond acceptors (Lipinski definition) is 4. The molecule has 7 heteroatoms. The molecule has 25 heavy (non-hydrogen) atoms. The van der Waals surface area contributed by atoms with Gasteiger partial charge >= 0.3 is 0 Å².